The fourth-order valence-corrected chi connectivity index (χ4v) is 1.30. The standard InChI is InChI=1S/C11H15N.C2H6/c1-5-10(8(2)3)11-9(4)6-7-12-11;1-2/h5-8,12H,1,4H2,2-3H3;1-2H3/b11-10-;. The predicted molar refractivity (Wildman–Crippen MR) is 65.4 cm³/mol. The molecule has 0 unspecified atom stereocenters. The van der Waals surface area contributed by atoms with Crippen LogP contribution in [-0.2, 0) is 0 Å². The van der Waals surface area contributed by atoms with E-state index in [4.69, 9.17) is 0 Å². The average molecular weight is 191 g/mol. The molecule has 0 spiro atoms. The van der Waals surface area contributed by atoms with Gasteiger partial charge in [0.1, 0.15) is 0 Å². The summed E-state index contributed by atoms with van der Waals surface area (Å²) in [6, 6.07) is 1.97. The van der Waals surface area contributed by atoms with E-state index in [1.54, 1.807) is 0 Å². The highest BCUT2D eigenvalue weighted by Gasteiger charge is 2.00. The van der Waals surface area contributed by atoms with Gasteiger partial charge in [-0.2, -0.15) is 0 Å². The molecule has 1 nitrogen and oxygen atoms in total. The average Bonchev–Trinajstić information content (AvgIpc) is 2.57. The van der Waals surface area contributed by atoms with Crippen LogP contribution in [0.3, 0.4) is 0 Å². The van der Waals surface area contributed by atoms with Gasteiger partial charge < -0.3 is 4.98 Å². The molecule has 1 aromatic heterocycles. The van der Waals surface area contributed by atoms with Crippen molar-refractivity contribution in [1.29, 1.82) is 0 Å². The number of hydrogen-bond donors (Lipinski definition) is 1. The second-order valence-electron chi connectivity index (χ2n) is 3.19. The van der Waals surface area contributed by atoms with Crippen molar-refractivity contribution in [1.82, 2.24) is 4.98 Å². The number of aromatic nitrogens is 1. The van der Waals surface area contributed by atoms with Crippen molar-refractivity contribution < 1.29 is 0 Å². The third-order valence-electron chi connectivity index (χ3n) is 1.96. The van der Waals surface area contributed by atoms with Crippen molar-refractivity contribution in [3.8, 4) is 0 Å². The highest BCUT2D eigenvalue weighted by Crippen LogP contribution is 2.07. The molecular weight excluding hydrogens is 170 g/mol. The van der Waals surface area contributed by atoms with E-state index in [0.29, 0.717) is 5.92 Å². The molecule has 0 amide bonds. The first-order valence-corrected chi connectivity index (χ1v) is 5.15. The summed E-state index contributed by atoms with van der Waals surface area (Å²) in [7, 11) is 0. The molecule has 14 heavy (non-hydrogen) atoms. The first-order valence-electron chi connectivity index (χ1n) is 5.15. The van der Waals surface area contributed by atoms with Crippen molar-refractivity contribution >= 4 is 12.2 Å². The highest BCUT2D eigenvalue weighted by atomic mass is 14.6. The minimum Gasteiger partial charge on any atom is -0.361 e. The molecule has 0 aromatic carbocycles. The van der Waals surface area contributed by atoms with Crippen LogP contribution in [0.4, 0.5) is 0 Å². The maximum Gasteiger partial charge on any atom is 0.0482 e. The summed E-state index contributed by atoms with van der Waals surface area (Å²) in [5, 5.41) is 2.15. The van der Waals surface area contributed by atoms with Gasteiger partial charge in [0.15, 0.2) is 0 Å². The molecule has 1 heterocycles. The lowest BCUT2D eigenvalue weighted by Crippen LogP contribution is -2.24. The molecule has 0 bridgehead atoms. The van der Waals surface area contributed by atoms with Gasteiger partial charge in [0.25, 0.3) is 0 Å². The van der Waals surface area contributed by atoms with Crippen LogP contribution >= 0.6 is 0 Å². The smallest absolute Gasteiger partial charge is 0.0482 e. The fourth-order valence-electron chi connectivity index (χ4n) is 1.30. The molecule has 1 heteroatoms. The minimum absolute atomic E-state index is 0.488. The number of hydrogen-bond acceptors (Lipinski definition) is 0. The Balaban J connectivity index is 0.000000791. The third-order valence-corrected chi connectivity index (χ3v) is 1.96. The summed E-state index contributed by atoms with van der Waals surface area (Å²) in [5.41, 5.74) is 1.23. The molecule has 0 fully saturated rings. The van der Waals surface area contributed by atoms with Crippen LogP contribution in [0.15, 0.2) is 24.9 Å². The van der Waals surface area contributed by atoms with Gasteiger partial charge in [-0.3, -0.25) is 0 Å². The number of nitrogens with one attached hydrogen (secondary N) is 1. The van der Waals surface area contributed by atoms with Gasteiger partial charge in [0.2, 0.25) is 0 Å². The van der Waals surface area contributed by atoms with Crippen molar-refractivity contribution in [2.24, 2.45) is 5.92 Å². The predicted octanol–water partition coefficient (Wildman–Crippen LogP) is 2.44. The molecule has 1 N–H and O–H groups in total. The second-order valence-corrected chi connectivity index (χ2v) is 3.19. The van der Waals surface area contributed by atoms with E-state index in [1.165, 1.54) is 5.57 Å². The first kappa shape index (κ1) is 12.8. The normalized spacial score (nSPS) is 11.8. The summed E-state index contributed by atoms with van der Waals surface area (Å²) >= 11 is 0. The SMILES string of the molecule is C=C/C(=c1/[nH]ccc1=C)C(C)C.CC. The van der Waals surface area contributed by atoms with Crippen LogP contribution in [0.5, 0.6) is 0 Å². The van der Waals surface area contributed by atoms with E-state index in [-0.39, 0.29) is 0 Å². The summed E-state index contributed by atoms with van der Waals surface area (Å²) in [6.07, 6.45) is 3.80. The van der Waals surface area contributed by atoms with Crippen LogP contribution in [0.2, 0.25) is 0 Å². The minimum atomic E-state index is 0.488. The largest absolute Gasteiger partial charge is 0.361 e. The molecule has 0 saturated carbocycles. The van der Waals surface area contributed by atoms with E-state index in [9.17, 15) is 0 Å². The van der Waals surface area contributed by atoms with Gasteiger partial charge in [-0.25, -0.2) is 0 Å². The molecule has 78 valence electrons. The second kappa shape index (κ2) is 6.25. The van der Waals surface area contributed by atoms with Gasteiger partial charge in [-0.1, -0.05) is 46.9 Å². The lowest BCUT2D eigenvalue weighted by molar-refractivity contribution is 0.851. The monoisotopic (exact) mass is 191 g/mol. The Hall–Kier alpha value is -1.24. The third kappa shape index (κ3) is 2.91. The highest BCUT2D eigenvalue weighted by molar-refractivity contribution is 5.56. The van der Waals surface area contributed by atoms with Crippen LogP contribution in [0.1, 0.15) is 27.7 Å². The number of H-pyrrole nitrogens is 1. The zero-order valence-corrected chi connectivity index (χ0v) is 9.72. The molecule has 0 atom stereocenters. The van der Waals surface area contributed by atoms with E-state index in [1.807, 2.05) is 32.2 Å². The maximum atomic E-state index is 3.93. The summed E-state index contributed by atoms with van der Waals surface area (Å²) in [4.78, 5) is 3.17. The van der Waals surface area contributed by atoms with Gasteiger partial charge in [-0.05, 0) is 22.8 Å². The van der Waals surface area contributed by atoms with Gasteiger partial charge >= 0.3 is 0 Å². The Kier molecular flexibility index (Phi) is 5.70. The zero-order chi connectivity index (χ0) is 11.1. The van der Waals surface area contributed by atoms with E-state index in [0.717, 1.165) is 10.6 Å². The lowest BCUT2D eigenvalue weighted by Gasteiger charge is -2.03. The van der Waals surface area contributed by atoms with Crippen molar-refractivity contribution in [2.75, 3.05) is 0 Å². The Bertz CT molecular complexity index is 368. The fraction of sp³-hybridized carbons (Fsp3) is 0.385. The zero-order valence-electron chi connectivity index (χ0n) is 9.72. The molecule has 0 aliphatic heterocycles. The van der Waals surface area contributed by atoms with Gasteiger partial charge in [0.05, 0.1) is 0 Å². The van der Waals surface area contributed by atoms with Crippen molar-refractivity contribution in [3.05, 3.63) is 35.5 Å². The van der Waals surface area contributed by atoms with Crippen LogP contribution in [0.25, 0.3) is 12.2 Å². The van der Waals surface area contributed by atoms with Crippen LogP contribution in [0, 0.1) is 5.92 Å². The summed E-state index contributed by atoms with van der Waals surface area (Å²) in [5.74, 6) is 0.488. The quantitative estimate of drug-likeness (QED) is 0.739. The summed E-state index contributed by atoms with van der Waals surface area (Å²) < 4.78 is 0. The molecule has 0 saturated heterocycles. The Morgan fingerprint density at radius 2 is 2.00 bits per heavy atom. The van der Waals surface area contributed by atoms with E-state index in [2.05, 4.69) is 32.0 Å². The number of rotatable bonds is 2. The van der Waals surface area contributed by atoms with Crippen molar-refractivity contribution in [3.63, 3.8) is 0 Å². The molecule has 0 radical (unpaired) electrons. The Labute approximate surface area is 86.9 Å². The molecular formula is C13H21N. The van der Waals surface area contributed by atoms with Gasteiger partial charge in [0, 0.05) is 11.5 Å². The lowest BCUT2D eigenvalue weighted by atomic mass is 10.0. The van der Waals surface area contributed by atoms with E-state index < -0.39 is 0 Å². The Morgan fingerprint density at radius 1 is 1.43 bits per heavy atom. The van der Waals surface area contributed by atoms with Crippen molar-refractivity contribution in [2.45, 2.75) is 27.7 Å². The Morgan fingerprint density at radius 3 is 2.29 bits per heavy atom. The van der Waals surface area contributed by atoms with Gasteiger partial charge in [-0.15, -0.1) is 0 Å². The van der Waals surface area contributed by atoms with Crippen LogP contribution in [-0.4, -0.2) is 4.98 Å². The summed E-state index contributed by atoms with van der Waals surface area (Å²) in [6.45, 7) is 16.0. The number of aromatic amines is 1. The molecule has 1 aromatic rings. The van der Waals surface area contributed by atoms with Crippen LogP contribution < -0.4 is 10.6 Å². The topological polar surface area (TPSA) is 15.8 Å². The maximum absolute atomic E-state index is 3.93. The molecule has 0 aliphatic rings. The molecule has 1 rings (SSSR count). The number of allylic oxidation sites excluding steroid dienone is 1. The van der Waals surface area contributed by atoms with E-state index >= 15 is 0 Å². The molecule has 0 aliphatic carbocycles. The first-order chi connectivity index (χ1) is 6.66.